The predicted molar refractivity (Wildman–Crippen MR) is 126 cm³/mol. The largest absolute Gasteiger partial charge is 0.474 e. The standard InChI is InChI=1S/C22H25FN6O4S/c1-14-11-25-17(12-24-14)20(30)28-8-6-27(7-9-28)18-5-4-15(10-16(18)23)29-13-19(33-21(29)31)26(2)22(34)32-3/h4-5,10-12,19H,6-9,13H2,1-3H3/t19-/m0/s1. The van der Waals surface area contributed by atoms with E-state index in [-0.39, 0.29) is 17.6 Å². The number of cyclic esters (lactones) is 1. The Balaban J connectivity index is 1.39. The minimum absolute atomic E-state index is 0.181. The number of carbonyl (C=O) groups excluding carboxylic acids is 2. The number of methoxy groups -OCH3 is 1. The smallest absolute Gasteiger partial charge is 0.416 e. The van der Waals surface area contributed by atoms with E-state index in [9.17, 15) is 9.59 Å². The van der Waals surface area contributed by atoms with Gasteiger partial charge in [0.2, 0.25) is 0 Å². The van der Waals surface area contributed by atoms with Crippen molar-refractivity contribution in [2.75, 3.05) is 56.7 Å². The summed E-state index contributed by atoms with van der Waals surface area (Å²) in [7, 11) is 3.10. The van der Waals surface area contributed by atoms with Gasteiger partial charge in [-0.2, -0.15) is 0 Å². The highest BCUT2D eigenvalue weighted by Gasteiger charge is 2.36. The van der Waals surface area contributed by atoms with E-state index in [1.54, 1.807) is 37.2 Å². The van der Waals surface area contributed by atoms with Gasteiger partial charge in [0.05, 0.1) is 36.9 Å². The van der Waals surface area contributed by atoms with Crippen LogP contribution in [0.15, 0.2) is 30.6 Å². The fourth-order valence-electron chi connectivity index (χ4n) is 3.86. The van der Waals surface area contributed by atoms with Crippen LogP contribution in [-0.2, 0) is 9.47 Å². The summed E-state index contributed by atoms with van der Waals surface area (Å²) in [6, 6.07) is 4.63. The highest BCUT2D eigenvalue weighted by atomic mass is 32.1. The number of hydrogen-bond donors (Lipinski definition) is 0. The first-order valence-corrected chi connectivity index (χ1v) is 11.1. The topological polar surface area (TPSA) is 91.3 Å². The Bertz CT molecular complexity index is 1090. The molecule has 2 aliphatic heterocycles. The molecule has 0 N–H and O–H groups in total. The van der Waals surface area contributed by atoms with Crippen LogP contribution < -0.4 is 9.80 Å². The van der Waals surface area contributed by atoms with Crippen molar-refractivity contribution < 1.29 is 23.5 Å². The van der Waals surface area contributed by atoms with Crippen LogP contribution in [0, 0.1) is 12.7 Å². The summed E-state index contributed by atoms with van der Waals surface area (Å²) in [6.07, 6.45) is 1.81. The maximum atomic E-state index is 15.0. The van der Waals surface area contributed by atoms with Crippen LogP contribution in [0.2, 0.25) is 0 Å². The van der Waals surface area contributed by atoms with Gasteiger partial charge in [-0.25, -0.2) is 14.2 Å². The zero-order valence-electron chi connectivity index (χ0n) is 19.1. The summed E-state index contributed by atoms with van der Waals surface area (Å²) >= 11 is 5.07. The van der Waals surface area contributed by atoms with Crippen molar-refractivity contribution >= 4 is 40.8 Å². The number of rotatable bonds is 4. The average molecular weight is 489 g/mol. The molecule has 1 atom stereocenters. The molecule has 0 saturated carbocycles. The third-order valence-electron chi connectivity index (χ3n) is 5.84. The van der Waals surface area contributed by atoms with Crippen LogP contribution in [-0.4, -0.2) is 90.1 Å². The minimum atomic E-state index is -0.633. The molecule has 180 valence electrons. The number of ether oxygens (including phenoxy) is 2. The molecule has 0 aliphatic carbocycles. The van der Waals surface area contributed by atoms with Crippen molar-refractivity contribution in [2.45, 2.75) is 13.2 Å². The van der Waals surface area contributed by atoms with E-state index < -0.39 is 18.1 Å². The number of piperazine rings is 1. The monoisotopic (exact) mass is 488 g/mol. The fraction of sp³-hybridized carbons (Fsp3) is 0.409. The summed E-state index contributed by atoms with van der Waals surface area (Å²) < 4.78 is 25.4. The Morgan fingerprint density at radius 2 is 1.97 bits per heavy atom. The van der Waals surface area contributed by atoms with Gasteiger partial charge in [-0.3, -0.25) is 19.6 Å². The van der Waals surface area contributed by atoms with Crippen molar-refractivity contribution in [2.24, 2.45) is 0 Å². The number of aryl methyl sites for hydroxylation is 1. The van der Waals surface area contributed by atoms with Gasteiger partial charge in [-0.1, -0.05) is 0 Å². The average Bonchev–Trinajstić information content (AvgIpc) is 3.24. The van der Waals surface area contributed by atoms with Gasteiger partial charge < -0.3 is 19.3 Å². The number of aromatic nitrogens is 2. The molecule has 0 bridgehead atoms. The Morgan fingerprint density at radius 1 is 1.24 bits per heavy atom. The molecule has 4 rings (SSSR count). The van der Waals surface area contributed by atoms with Gasteiger partial charge in [0, 0.05) is 39.4 Å². The van der Waals surface area contributed by atoms with Crippen LogP contribution in [0.25, 0.3) is 0 Å². The summed E-state index contributed by atoms with van der Waals surface area (Å²) in [5, 5.41) is 0.188. The Hall–Kier alpha value is -3.54. The van der Waals surface area contributed by atoms with Crippen molar-refractivity contribution in [3.05, 3.63) is 47.8 Å². The molecule has 2 saturated heterocycles. The third-order valence-corrected chi connectivity index (χ3v) is 6.30. The van der Waals surface area contributed by atoms with E-state index >= 15 is 4.39 Å². The van der Waals surface area contributed by atoms with Crippen molar-refractivity contribution in [3.8, 4) is 0 Å². The Kier molecular flexibility index (Phi) is 6.77. The van der Waals surface area contributed by atoms with Gasteiger partial charge >= 0.3 is 6.09 Å². The second kappa shape index (κ2) is 9.75. The lowest BCUT2D eigenvalue weighted by molar-refractivity contribution is 0.0677. The fourth-order valence-corrected chi connectivity index (χ4v) is 3.98. The number of thiocarbonyl (C=S) groups is 1. The van der Waals surface area contributed by atoms with Gasteiger partial charge in [0.25, 0.3) is 11.1 Å². The molecule has 1 aromatic heterocycles. The second-order valence-electron chi connectivity index (χ2n) is 7.99. The van der Waals surface area contributed by atoms with E-state index in [4.69, 9.17) is 21.7 Å². The molecule has 2 aliphatic rings. The summed E-state index contributed by atoms with van der Waals surface area (Å²) in [5.74, 6) is -0.651. The van der Waals surface area contributed by atoms with Crippen LogP contribution in [0.1, 0.15) is 16.2 Å². The number of halogens is 1. The molecular weight excluding hydrogens is 463 g/mol. The molecule has 2 fully saturated rings. The van der Waals surface area contributed by atoms with E-state index in [2.05, 4.69) is 9.97 Å². The summed E-state index contributed by atoms with van der Waals surface area (Å²) in [4.78, 5) is 39.7. The van der Waals surface area contributed by atoms with E-state index in [1.165, 1.54) is 29.2 Å². The number of hydrogen-bond acceptors (Lipinski definition) is 8. The molecule has 3 heterocycles. The summed E-state index contributed by atoms with van der Waals surface area (Å²) in [6.45, 7) is 3.78. The molecule has 2 aromatic rings. The predicted octanol–water partition coefficient (Wildman–Crippen LogP) is 2.03. The lowest BCUT2D eigenvalue weighted by Crippen LogP contribution is -2.49. The lowest BCUT2D eigenvalue weighted by Gasteiger charge is -2.36. The number of nitrogens with zero attached hydrogens (tertiary/aromatic N) is 6. The van der Waals surface area contributed by atoms with Crippen LogP contribution in [0.3, 0.4) is 0 Å². The number of likely N-dealkylation sites (N-methyl/N-ethyl adjacent to an activating group) is 1. The molecule has 0 radical (unpaired) electrons. The SMILES string of the molecule is COC(=S)N(C)[C@@H]1CN(c2ccc(N3CCN(C(=O)c4cnc(C)cn4)CC3)c(F)c2)C(=O)O1. The highest BCUT2D eigenvalue weighted by Crippen LogP contribution is 2.29. The van der Waals surface area contributed by atoms with Gasteiger partial charge in [-0.15, -0.1) is 0 Å². The first kappa shape index (κ1) is 23.6. The molecule has 10 nitrogen and oxygen atoms in total. The number of benzene rings is 1. The van der Waals surface area contributed by atoms with E-state index in [1.807, 2.05) is 4.90 Å². The van der Waals surface area contributed by atoms with E-state index in [0.29, 0.717) is 43.2 Å². The third kappa shape index (κ3) is 4.72. The van der Waals surface area contributed by atoms with Gasteiger partial charge in [-0.05, 0) is 37.3 Å². The van der Waals surface area contributed by atoms with Crippen molar-refractivity contribution in [1.29, 1.82) is 0 Å². The zero-order chi connectivity index (χ0) is 24.4. The van der Waals surface area contributed by atoms with Crippen LogP contribution >= 0.6 is 12.2 Å². The first-order valence-electron chi connectivity index (χ1n) is 10.7. The maximum absolute atomic E-state index is 15.0. The van der Waals surface area contributed by atoms with Crippen molar-refractivity contribution in [3.63, 3.8) is 0 Å². The molecule has 0 spiro atoms. The molecular formula is C22H25FN6O4S. The molecule has 1 aromatic carbocycles. The van der Waals surface area contributed by atoms with Gasteiger partial charge in [0.15, 0.2) is 6.23 Å². The van der Waals surface area contributed by atoms with Gasteiger partial charge in [0.1, 0.15) is 11.5 Å². The number of anilines is 2. The number of amides is 2. The lowest BCUT2D eigenvalue weighted by atomic mass is 10.2. The number of carbonyl (C=O) groups is 2. The molecule has 2 amide bonds. The van der Waals surface area contributed by atoms with Crippen molar-refractivity contribution in [1.82, 2.24) is 19.8 Å². The zero-order valence-corrected chi connectivity index (χ0v) is 19.9. The Morgan fingerprint density at radius 3 is 2.59 bits per heavy atom. The summed E-state index contributed by atoms with van der Waals surface area (Å²) in [5.41, 5.74) is 1.83. The quantitative estimate of drug-likeness (QED) is 0.600. The van der Waals surface area contributed by atoms with E-state index in [0.717, 1.165) is 5.69 Å². The minimum Gasteiger partial charge on any atom is -0.474 e. The van der Waals surface area contributed by atoms with Crippen LogP contribution in [0.5, 0.6) is 0 Å². The normalized spacial score (nSPS) is 18.1. The molecule has 0 unspecified atom stereocenters. The molecule has 12 heteroatoms. The second-order valence-corrected chi connectivity index (χ2v) is 8.34. The Labute approximate surface area is 201 Å². The maximum Gasteiger partial charge on any atom is 0.416 e. The highest BCUT2D eigenvalue weighted by molar-refractivity contribution is 7.80. The molecule has 34 heavy (non-hydrogen) atoms. The first-order chi connectivity index (χ1) is 16.3. The van der Waals surface area contributed by atoms with Crippen LogP contribution in [0.4, 0.5) is 20.6 Å².